The van der Waals surface area contributed by atoms with Crippen molar-refractivity contribution in [2.24, 2.45) is 7.05 Å². The Bertz CT molecular complexity index is 955. The largest absolute Gasteiger partial charge is 0.480 e. The van der Waals surface area contributed by atoms with E-state index < -0.39 is 6.10 Å². The molecule has 1 unspecified atom stereocenters. The standard InChI is InChI=1S/C20H21ClN4O2/c1-4-16(27-17-12-8-5-9-13(17)2)19(26)23-20-22-18(24-25(20)3)14-10-6-7-11-15(14)21/h5-12,16H,4H2,1-3H3,(H,22,23,24,26). The van der Waals surface area contributed by atoms with Crippen LogP contribution < -0.4 is 10.1 Å². The lowest BCUT2D eigenvalue weighted by Gasteiger charge is -2.18. The Labute approximate surface area is 163 Å². The highest BCUT2D eigenvalue weighted by molar-refractivity contribution is 6.33. The number of nitrogens with zero attached hydrogens (tertiary/aromatic N) is 3. The first-order chi connectivity index (χ1) is 13.0. The van der Waals surface area contributed by atoms with E-state index in [2.05, 4.69) is 15.4 Å². The predicted octanol–water partition coefficient (Wildman–Crippen LogP) is 4.24. The van der Waals surface area contributed by atoms with Crippen LogP contribution >= 0.6 is 11.6 Å². The molecule has 1 heterocycles. The summed E-state index contributed by atoms with van der Waals surface area (Å²) in [5.41, 5.74) is 1.68. The molecule has 0 aliphatic carbocycles. The number of anilines is 1. The molecule has 1 atom stereocenters. The molecule has 0 bridgehead atoms. The number of benzene rings is 2. The molecule has 140 valence electrons. The highest BCUT2D eigenvalue weighted by Gasteiger charge is 2.22. The minimum atomic E-state index is -0.633. The summed E-state index contributed by atoms with van der Waals surface area (Å²) < 4.78 is 7.40. The van der Waals surface area contributed by atoms with Gasteiger partial charge in [-0.3, -0.25) is 10.1 Å². The maximum Gasteiger partial charge on any atom is 0.267 e. The van der Waals surface area contributed by atoms with Gasteiger partial charge in [-0.2, -0.15) is 4.98 Å². The molecule has 0 aliphatic rings. The van der Waals surface area contributed by atoms with E-state index in [0.717, 1.165) is 5.56 Å². The quantitative estimate of drug-likeness (QED) is 0.690. The molecule has 3 rings (SSSR count). The van der Waals surface area contributed by atoms with Crippen LogP contribution in [0.2, 0.25) is 5.02 Å². The lowest BCUT2D eigenvalue weighted by molar-refractivity contribution is -0.122. The van der Waals surface area contributed by atoms with E-state index in [-0.39, 0.29) is 5.91 Å². The van der Waals surface area contributed by atoms with Gasteiger partial charge in [-0.05, 0) is 37.1 Å². The van der Waals surface area contributed by atoms with Gasteiger partial charge in [0.15, 0.2) is 11.9 Å². The Kier molecular flexibility index (Phi) is 5.76. The van der Waals surface area contributed by atoms with Crippen LogP contribution in [0.25, 0.3) is 11.4 Å². The maximum atomic E-state index is 12.7. The molecule has 7 heteroatoms. The minimum Gasteiger partial charge on any atom is -0.480 e. The molecule has 6 nitrogen and oxygen atoms in total. The lowest BCUT2D eigenvalue weighted by Crippen LogP contribution is -2.33. The van der Waals surface area contributed by atoms with Crippen molar-refractivity contribution in [3.05, 3.63) is 59.1 Å². The molecule has 3 aromatic rings. The summed E-state index contributed by atoms with van der Waals surface area (Å²) in [5, 5.41) is 7.69. The van der Waals surface area contributed by atoms with Crippen LogP contribution in [0.5, 0.6) is 5.75 Å². The van der Waals surface area contributed by atoms with E-state index >= 15 is 0 Å². The SMILES string of the molecule is CCC(Oc1ccccc1C)C(=O)Nc1nc(-c2ccccc2Cl)nn1C. The average Bonchev–Trinajstić information content (AvgIpc) is 3.01. The van der Waals surface area contributed by atoms with Gasteiger partial charge >= 0.3 is 0 Å². The average molecular weight is 385 g/mol. The summed E-state index contributed by atoms with van der Waals surface area (Å²) in [5.74, 6) is 1.20. The second kappa shape index (κ2) is 8.22. The van der Waals surface area contributed by atoms with Crippen LogP contribution in [0.3, 0.4) is 0 Å². The fraction of sp³-hybridized carbons (Fsp3) is 0.250. The molecule has 1 aromatic heterocycles. The Balaban J connectivity index is 1.77. The van der Waals surface area contributed by atoms with Crippen LogP contribution in [-0.4, -0.2) is 26.8 Å². The Morgan fingerprint density at radius 1 is 1.22 bits per heavy atom. The van der Waals surface area contributed by atoms with Crippen molar-refractivity contribution in [1.29, 1.82) is 0 Å². The number of nitrogens with one attached hydrogen (secondary N) is 1. The van der Waals surface area contributed by atoms with E-state index in [4.69, 9.17) is 16.3 Å². The molecule has 0 saturated heterocycles. The molecule has 0 spiro atoms. The van der Waals surface area contributed by atoms with E-state index in [9.17, 15) is 4.79 Å². The minimum absolute atomic E-state index is 0.276. The van der Waals surface area contributed by atoms with Crippen LogP contribution in [0.1, 0.15) is 18.9 Å². The number of rotatable bonds is 6. The number of hydrogen-bond donors (Lipinski definition) is 1. The number of carbonyl (C=O) groups excluding carboxylic acids is 1. The molecule has 0 radical (unpaired) electrons. The van der Waals surface area contributed by atoms with Crippen molar-refractivity contribution < 1.29 is 9.53 Å². The zero-order valence-corrected chi connectivity index (χ0v) is 16.2. The van der Waals surface area contributed by atoms with Gasteiger partial charge in [0.2, 0.25) is 5.95 Å². The second-order valence-electron chi connectivity index (χ2n) is 6.13. The van der Waals surface area contributed by atoms with Crippen molar-refractivity contribution in [2.75, 3.05) is 5.32 Å². The first-order valence-electron chi connectivity index (χ1n) is 8.68. The summed E-state index contributed by atoms with van der Waals surface area (Å²) in [6, 6.07) is 14.9. The molecule has 2 aromatic carbocycles. The molecule has 0 saturated carbocycles. The molecule has 27 heavy (non-hydrogen) atoms. The Hall–Kier alpha value is -2.86. The topological polar surface area (TPSA) is 69.0 Å². The predicted molar refractivity (Wildman–Crippen MR) is 106 cm³/mol. The number of carbonyl (C=O) groups is 1. The maximum absolute atomic E-state index is 12.7. The van der Waals surface area contributed by atoms with Crippen LogP contribution in [0.4, 0.5) is 5.95 Å². The third-order valence-electron chi connectivity index (χ3n) is 4.14. The summed E-state index contributed by atoms with van der Waals surface area (Å²) >= 11 is 6.21. The number of amides is 1. The zero-order chi connectivity index (χ0) is 19.4. The van der Waals surface area contributed by atoms with Gasteiger partial charge in [-0.15, -0.1) is 5.10 Å². The third-order valence-corrected chi connectivity index (χ3v) is 4.47. The van der Waals surface area contributed by atoms with E-state index in [1.807, 2.05) is 56.3 Å². The van der Waals surface area contributed by atoms with Gasteiger partial charge in [-0.1, -0.05) is 48.9 Å². The third kappa shape index (κ3) is 4.28. The number of ether oxygens (including phenoxy) is 1. The Morgan fingerprint density at radius 3 is 2.63 bits per heavy atom. The monoisotopic (exact) mass is 384 g/mol. The number of hydrogen-bond acceptors (Lipinski definition) is 4. The van der Waals surface area contributed by atoms with Gasteiger partial charge in [0.1, 0.15) is 5.75 Å². The summed E-state index contributed by atoms with van der Waals surface area (Å²) in [7, 11) is 1.71. The molecule has 1 amide bonds. The number of aryl methyl sites for hydroxylation is 2. The summed E-state index contributed by atoms with van der Waals surface area (Å²) in [6.07, 6.45) is -0.110. The zero-order valence-electron chi connectivity index (χ0n) is 15.4. The Morgan fingerprint density at radius 2 is 1.93 bits per heavy atom. The first kappa shape index (κ1) is 18.9. The molecular weight excluding hydrogens is 364 g/mol. The van der Waals surface area contributed by atoms with Crippen molar-refractivity contribution in [1.82, 2.24) is 14.8 Å². The van der Waals surface area contributed by atoms with Crippen LogP contribution in [-0.2, 0) is 11.8 Å². The second-order valence-corrected chi connectivity index (χ2v) is 6.54. The van der Waals surface area contributed by atoms with E-state index in [1.165, 1.54) is 4.68 Å². The summed E-state index contributed by atoms with van der Waals surface area (Å²) in [6.45, 7) is 3.84. The molecule has 1 N–H and O–H groups in total. The fourth-order valence-corrected chi connectivity index (χ4v) is 2.83. The van der Waals surface area contributed by atoms with E-state index in [1.54, 1.807) is 13.1 Å². The first-order valence-corrected chi connectivity index (χ1v) is 9.06. The number of aromatic nitrogens is 3. The number of para-hydroxylation sites is 1. The highest BCUT2D eigenvalue weighted by atomic mass is 35.5. The van der Waals surface area contributed by atoms with Crippen molar-refractivity contribution in [3.8, 4) is 17.1 Å². The van der Waals surface area contributed by atoms with E-state index in [0.29, 0.717) is 34.5 Å². The number of halogens is 1. The molecular formula is C20H21ClN4O2. The highest BCUT2D eigenvalue weighted by Crippen LogP contribution is 2.26. The van der Waals surface area contributed by atoms with Gasteiger partial charge in [-0.25, -0.2) is 4.68 Å². The van der Waals surface area contributed by atoms with Crippen molar-refractivity contribution >= 4 is 23.5 Å². The molecule has 0 aliphatic heterocycles. The van der Waals surface area contributed by atoms with Gasteiger partial charge < -0.3 is 4.74 Å². The van der Waals surface area contributed by atoms with Gasteiger partial charge in [0.25, 0.3) is 5.91 Å². The smallest absolute Gasteiger partial charge is 0.267 e. The lowest BCUT2D eigenvalue weighted by atomic mass is 10.2. The van der Waals surface area contributed by atoms with Gasteiger partial charge in [0.05, 0.1) is 5.02 Å². The van der Waals surface area contributed by atoms with Crippen molar-refractivity contribution in [2.45, 2.75) is 26.4 Å². The van der Waals surface area contributed by atoms with Gasteiger partial charge in [0, 0.05) is 12.6 Å². The normalized spacial score (nSPS) is 11.9. The summed E-state index contributed by atoms with van der Waals surface area (Å²) in [4.78, 5) is 17.1. The fourth-order valence-electron chi connectivity index (χ4n) is 2.60. The van der Waals surface area contributed by atoms with Crippen LogP contribution in [0, 0.1) is 6.92 Å². The van der Waals surface area contributed by atoms with Crippen molar-refractivity contribution in [3.63, 3.8) is 0 Å². The molecule has 0 fully saturated rings. The van der Waals surface area contributed by atoms with Crippen LogP contribution in [0.15, 0.2) is 48.5 Å².